The highest BCUT2D eigenvalue weighted by atomic mass is 32.2. The molecule has 7 heteroatoms. The highest BCUT2D eigenvalue weighted by Crippen LogP contribution is 2.36. The van der Waals surface area contributed by atoms with Crippen LogP contribution in [0.1, 0.15) is 33.4 Å². The van der Waals surface area contributed by atoms with Gasteiger partial charge in [-0.25, -0.2) is 8.42 Å². The van der Waals surface area contributed by atoms with Crippen LogP contribution in [0.3, 0.4) is 0 Å². The summed E-state index contributed by atoms with van der Waals surface area (Å²) in [6.45, 7) is 8.00. The minimum absolute atomic E-state index is 0.0901. The zero-order valence-electron chi connectivity index (χ0n) is 13.2. The molecule has 0 unspecified atom stereocenters. The highest BCUT2D eigenvalue weighted by Gasteiger charge is 2.51. The third-order valence-electron chi connectivity index (χ3n) is 4.10. The lowest BCUT2D eigenvalue weighted by molar-refractivity contribution is 0.00578. The van der Waals surface area contributed by atoms with Gasteiger partial charge in [-0.1, -0.05) is 0 Å². The molecule has 1 aliphatic heterocycles. The van der Waals surface area contributed by atoms with Gasteiger partial charge in [0.15, 0.2) is 0 Å². The number of aromatic nitrogens is 1. The second kappa shape index (κ2) is 5.37. The molecule has 0 saturated carbocycles. The Balaban J connectivity index is 2.16. The van der Waals surface area contributed by atoms with E-state index in [0.29, 0.717) is 6.42 Å². The van der Waals surface area contributed by atoms with Crippen LogP contribution < -0.4 is 5.46 Å². The number of aryl methyl sites for hydroxylation is 1. The number of sulfone groups is 1. The Morgan fingerprint density at radius 3 is 2.29 bits per heavy atom. The predicted octanol–water partition coefficient (Wildman–Crippen LogP) is 0.968. The van der Waals surface area contributed by atoms with Crippen LogP contribution in [-0.2, 0) is 25.6 Å². The SMILES string of the molecule is CC1(C)OB(c2ccnc(CCS(C)(=O)=O)c2)OC1(C)C. The first-order valence-electron chi connectivity index (χ1n) is 6.98. The molecular formula is C14H22BNO4S. The number of pyridine rings is 1. The summed E-state index contributed by atoms with van der Waals surface area (Å²) in [6.07, 6.45) is 3.29. The van der Waals surface area contributed by atoms with E-state index in [2.05, 4.69) is 4.98 Å². The van der Waals surface area contributed by atoms with E-state index < -0.39 is 28.2 Å². The molecule has 2 rings (SSSR count). The summed E-state index contributed by atoms with van der Waals surface area (Å²) in [7, 11) is -3.44. The lowest BCUT2D eigenvalue weighted by Crippen LogP contribution is -2.41. The molecule has 0 bridgehead atoms. The van der Waals surface area contributed by atoms with E-state index in [-0.39, 0.29) is 5.75 Å². The minimum atomic E-state index is -2.99. The summed E-state index contributed by atoms with van der Waals surface area (Å²) in [4.78, 5) is 4.21. The summed E-state index contributed by atoms with van der Waals surface area (Å²) < 4.78 is 34.4. The fraction of sp³-hybridized carbons (Fsp3) is 0.643. The van der Waals surface area contributed by atoms with Crippen LogP contribution in [0, 0.1) is 0 Å². The van der Waals surface area contributed by atoms with Gasteiger partial charge in [-0.3, -0.25) is 4.98 Å². The quantitative estimate of drug-likeness (QED) is 0.775. The van der Waals surface area contributed by atoms with Gasteiger partial charge in [0, 0.05) is 24.6 Å². The van der Waals surface area contributed by atoms with Crippen molar-refractivity contribution in [2.75, 3.05) is 12.0 Å². The largest absolute Gasteiger partial charge is 0.494 e. The average molecular weight is 311 g/mol. The van der Waals surface area contributed by atoms with Crippen molar-refractivity contribution >= 4 is 22.4 Å². The lowest BCUT2D eigenvalue weighted by Gasteiger charge is -2.32. The molecule has 1 aromatic rings. The van der Waals surface area contributed by atoms with Gasteiger partial charge in [0.1, 0.15) is 9.84 Å². The first kappa shape index (κ1) is 16.5. The molecule has 0 atom stereocenters. The summed E-state index contributed by atoms with van der Waals surface area (Å²) in [5, 5.41) is 0. The lowest BCUT2D eigenvalue weighted by atomic mass is 9.79. The Labute approximate surface area is 127 Å². The number of hydrogen-bond acceptors (Lipinski definition) is 5. The van der Waals surface area contributed by atoms with Crippen LogP contribution in [0.15, 0.2) is 18.3 Å². The van der Waals surface area contributed by atoms with Crippen LogP contribution >= 0.6 is 0 Å². The molecule has 1 fully saturated rings. The zero-order valence-corrected chi connectivity index (χ0v) is 14.0. The second-order valence-corrected chi connectivity index (χ2v) is 8.81. The maximum Gasteiger partial charge on any atom is 0.494 e. The zero-order chi connectivity index (χ0) is 15.9. The Bertz CT molecular complexity index is 612. The number of nitrogens with zero attached hydrogens (tertiary/aromatic N) is 1. The van der Waals surface area contributed by atoms with Crippen molar-refractivity contribution in [2.45, 2.75) is 45.3 Å². The van der Waals surface area contributed by atoms with Crippen LogP contribution in [0.25, 0.3) is 0 Å². The van der Waals surface area contributed by atoms with Gasteiger partial charge in [0.25, 0.3) is 0 Å². The number of rotatable bonds is 4. The summed E-state index contributed by atoms with van der Waals surface area (Å²) in [5.41, 5.74) is 0.807. The van der Waals surface area contributed by atoms with Gasteiger partial charge < -0.3 is 9.31 Å². The monoisotopic (exact) mass is 311 g/mol. The first-order valence-corrected chi connectivity index (χ1v) is 9.04. The van der Waals surface area contributed by atoms with Crippen molar-refractivity contribution in [3.05, 3.63) is 24.0 Å². The smallest absolute Gasteiger partial charge is 0.399 e. The third kappa shape index (κ3) is 3.84. The van der Waals surface area contributed by atoms with E-state index in [1.807, 2.05) is 39.8 Å². The fourth-order valence-corrected chi connectivity index (χ4v) is 2.63. The molecule has 0 N–H and O–H groups in total. The Hall–Kier alpha value is -0.915. The second-order valence-electron chi connectivity index (χ2n) is 6.55. The molecule has 1 aliphatic rings. The van der Waals surface area contributed by atoms with Gasteiger partial charge >= 0.3 is 7.12 Å². The molecule has 0 aromatic carbocycles. The molecule has 0 aliphatic carbocycles. The molecule has 21 heavy (non-hydrogen) atoms. The Kier molecular flexibility index (Phi) is 4.21. The fourth-order valence-electron chi connectivity index (χ4n) is 2.05. The van der Waals surface area contributed by atoms with E-state index >= 15 is 0 Å². The van der Waals surface area contributed by atoms with E-state index in [1.54, 1.807) is 6.20 Å². The van der Waals surface area contributed by atoms with E-state index in [9.17, 15) is 8.42 Å². The van der Waals surface area contributed by atoms with Crippen LogP contribution in [0.4, 0.5) is 0 Å². The molecule has 5 nitrogen and oxygen atoms in total. The predicted molar refractivity (Wildman–Crippen MR) is 83.4 cm³/mol. The van der Waals surface area contributed by atoms with Crippen molar-refractivity contribution in [1.29, 1.82) is 0 Å². The maximum atomic E-state index is 11.2. The molecule has 2 heterocycles. The Morgan fingerprint density at radius 1 is 1.19 bits per heavy atom. The standard InChI is InChI=1S/C14H22BNO4S/c1-13(2)14(3,4)20-15(19-13)11-6-8-16-12(10-11)7-9-21(5,17)18/h6,8,10H,7,9H2,1-5H3. The van der Waals surface area contributed by atoms with E-state index in [1.165, 1.54) is 6.26 Å². The van der Waals surface area contributed by atoms with Crippen molar-refractivity contribution < 1.29 is 17.7 Å². The Morgan fingerprint density at radius 2 is 1.76 bits per heavy atom. The molecule has 0 amide bonds. The first-order chi connectivity index (χ1) is 9.50. The maximum absolute atomic E-state index is 11.2. The summed E-state index contributed by atoms with van der Waals surface area (Å²) >= 11 is 0. The normalized spacial score (nSPS) is 20.7. The van der Waals surface area contributed by atoms with Crippen molar-refractivity contribution in [2.24, 2.45) is 0 Å². The van der Waals surface area contributed by atoms with Crippen LogP contribution in [-0.4, -0.2) is 43.7 Å². The summed E-state index contributed by atoms with van der Waals surface area (Å²) in [5.74, 6) is 0.0901. The van der Waals surface area contributed by atoms with Crippen LogP contribution in [0.2, 0.25) is 0 Å². The van der Waals surface area contributed by atoms with Crippen molar-refractivity contribution in [1.82, 2.24) is 4.98 Å². The van der Waals surface area contributed by atoms with Gasteiger partial charge in [-0.05, 0) is 45.3 Å². The molecule has 1 aromatic heterocycles. The van der Waals surface area contributed by atoms with Gasteiger partial charge in [0.05, 0.1) is 17.0 Å². The third-order valence-corrected chi connectivity index (χ3v) is 5.04. The van der Waals surface area contributed by atoms with Crippen molar-refractivity contribution in [3.63, 3.8) is 0 Å². The minimum Gasteiger partial charge on any atom is -0.399 e. The molecule has 0 radical (unpaired) electrons. The summed E-state index contributed by atoms with van der Waals surface area (Å²) in [6, 6.07) is 3.69. The van der Waals surface area contributed by atoms with Crippen LogP contribution in [0.5, 0.6) is 0 Å². The van der Waals surface area contributed by atoms with E-state index in [0.717, 1.165) is 11.2 Å². The molecule has 1 saturated heterocycles. The molecule has 0 spiro atoms. The number of hydrogen-bond donors (Lipinski definition) is 0. The van der Waals surface area contributed by atoms with Crippen molar-refractivity contribution in [3.8, 4) is 0 Å². The van der Waals surface area contributed by atoms with E-state index in [4.69, 9.17) is 9.31 Å². The topological polar surface area (TPSA) is 65.5 Å². The highest BCUT2D eigenvalue weighted by molar-refractivity contribution is 7.90. The van der Waals surface area contributed by atoms with Gasteiger partial charge in [0.2, 0.25) is 0 Å². The molecule has 116 valence electrons. The molecular weight excluding hydrogens is 289 g/mol. The van der Waals surface area contributed by atoms with Gasteiger partial charge in [-0.2, -0.15) is 0 Å². The van der Waals surface area contributed by atoms with Gasteiger partial charge in [-0.15, -0.1) is 0 Å². The average Bonchev–Trinajstić information content (AvgIpc) is 2.56.